The average Bonchev–Trinajstić information content (AvgIpc) is 2.66. The van der Waals surface area contributed by atoms with Crippen LogP contribution in [0.2, 0.25) is 0 Å². The molecule has 1 heterocycles. The molecule has 114 valence electrons. The van der Waals surface area contributed by atoms with Crippen molar-refractivity contribution in [3.8, 4) is 0 Å². The first-order valence-corrected chi connectivity index (χ1v) is 7.71. The average molecular weight is 285 g/mol. The van der Waals surface area contributed by atoms with Crippen molar-refractivity contribution in [2.45, 2.75) is 60.7 Å². The zero-order valence-corrected chi connectivity index (χ0v) is 14.1. The summed E-state index contributed by atoms with van der Waals surface area (Å²) < 4.78 is 2.13. The first-order chi connectivity index (χ1) is 9.88. The Morgan fingerprint density at radius 1 is 1.14 bits per heavy atom. The lowest BCUT2D eigenvalue weighted by molar-refractivity contribution is 0.584. The molecule has 0 amide bonds. The van der Waals surface area contributed by atoms with Gasteiger partial charge in [0, 0.05) is 23.8 Å². The van der Waals surface area contributed by atoms with Gasteiger partial charge in [0.25, 0.3) is 0 Å². The Balaban J connectivity index is 2.25. The van der Waals surface area contributed by atoms with Crippen LogP contribution < -0.4 is 5.32 Å². The SMILES string of the molecule is Cc1ccc(C)c(Cn2nc(C)c(CNC(C)C)c2C)c1. The van der Waals surface area contributed by atoms with Crippen LogP contribution in [-0.2, 0) is 13.1 Å². The first-order valence-electron chi connectivity index (χ1n) is 7.71. The van der Waals surface area contributed by atoms with Crippen LogP contribution in [0.25, 0.3) is 0 Å². The van der Waals surface area contributed by atoms with E-state index in [4.69, 9.17) is 5.10 Å². The molecule has 0 atom stereocenters. The van der Waals surface area contributed by atoms with Crippen LogP contribution >= 0.6 is 0 Å². The van der Waals surface area contributed by atoms with E-state index in [-0.39, 0.29) is 0 Å². The van der Waals surface area contributed by atoms with Gasteiger partial charge in [0.2, 0.25) is 0 Å². The van der Waals surface area contributed by atoms with Gasteiger partial charge >= 0.3 is 0 Å². The minimum absolute atomic E-state index is 0.492. The Morgan fingerprint density at radius 2 is 1.86 bits per heavy atom. The normalized spacial score (nSPS) is 11.4. The Hall–Kier alpha value is -1.61. The van der Waals surface area contributed by atoms with E-state index in [9.17, 15) is 0 Å². The fraction of sp³-hybridized carbons (Fsp3) is 0.500. The predicted octanol–water partition coefficient (Wildman–Crippen LogP) is 3.66. The number of hydrogen-bond acceptors (Lipinski definition) is 2. The Labute approximate surface area is 128 Å². The summed E-state index contributed by atoms with van der Waals surface area (Å²) >= 11 is 0. The summed E-state index contributed by atoms with van der Waals surface area (Å²) in [4.78, 5) is 0. The van der Waals surface area contributed by atoms with Crippen LogP contribution in [-0.4, -0.2) is 15.8 Å². The van der Waals surface area contributed by atoms with E-state index in [0.717, 1.165) is 18.8 Å². The van der Waals surface area contributed by atoms with E-state index >= 15 is 0 Å². The van der Waals surface area contributed by atoms with E-state index in [1.165, 1.54) is 27.9 Å². The highest BCUT2D eigenvalue weighted by molar-refractivity contribution is 5.32. The molecule has 2 aromatic rings. The van der Waals surface area contributed by atoms with Crippen LogP contribution in [0.15, 0.2) is 18.2 Å². The Morgan fingerprint density at radius 3 is 2.52 bits per heavy atom. The lowest BCUT2D eigenvalue weighted by atomic mass is 10.1. The van der Waals surface area contributed by atoms with Gasteiger partial charge in [-0.3, -0.25) is 4.68 Å². The summed E-state index contributed by atoms with van der Waals surface area (Å²) in [5, 5.41) is 8.22. The Kier molecular flexibility index (Phi) is 4.84. The molecule has 0 saturated heterocycles. The van der Waals surface area contributed by atoms with E-state index < -0.39 is 0 Å². The van der Waals surface area contributed by atoms with Crippen LogP contribution in [0.1, 0.15) is 47.5 Å². The minimum Gasteiger partial charge on any atom is -0.310 e. The van der Waals surface area contributed by atoms with Gasteiger partial charge in [0.05, 0.1) is 12.2 Å². The van der Waals surface area contributed by atoms with Gasteiger partial charge in [0.15, 0.2) is 0 Å². The molecule has 3 nitrogen and oxygen atoms in total. The van der Waals surface area contributed by atoms with Crippen molar-refractivity contribution in [1.82, 2.24) is 15.1 Å². The van der Waals surface area contributed by atoms with E-state index in [1.807, 2.05) is 0 Å². The fourth-order valence-electron chi connectivity index (χ4n) is 2.58. The maximum absolute atomic E-state index is 4.73. The van der Waals surface area contributed by atoms with Gasteiger partial charge in [-0.1, -0.05) is 37.6 Å². The number of benzene rings is 1. The van der Waals surface area contributed by atoms with Crippen LogP contribution in [0.3, 0.4) is 0 Å². The van der Waals surface area contributed by atoms with Crippen LogP contribution in [0.4, 0.5) is 0 Å². The standard InChI is InChI=1S/C18H27N3/c1-12(2)19-10-18-15(5)20-21(16(18)6)11-17-9-13(3)7-8-14(17)4/h7-9,12,19H,10-11H2,1-6H3. The fourth-order valence-corrected chi connectivity index (χ4v) is 2.58. The molecular formula is C18H27N3. The number of rotatable bonds is 5. The first kappa shape index (κ1) is 15.8. The van der Waals surface area contributed by atoms with E-state index in [0.29, 0.717) is 6.04 Å². The molecule has 0 aliphatic rings. The highest BCUT2D eigenvalue weighted by Crippen LogP contribution is 2.17. The van der Waals surface area contributed by atoms with Crippen molar-refractivity contribution in [3.63, 3.8) is 0 Å². The summed E-state index contributed by atoms with van der Waals surface area (Å²) in [6.45, 7) is 14.7. The summed E-state index contributed by atoms with van der Waals surface area (Å²) in [5.74, 6) is 0. The van der Waals surface area contributed by atoms with Crippen molar-refractivity contribution in [3.05, 3.63) is 51.8 Å². The molecule has 0 saturated carbocycles. The van der Waals surface area contributed by atoms with Crippen molar-refractivity contribution < 1.29 is 0 Å². The van der Waals surface area contributed by atoms with Gasteiger partial charge in [-0.15, -0.1) is 0 Å². The lowest BCUT2D eigenvalue weighted by Crippen LogP contribution is -2.22. The predicted molar refractivity (Wildman–Crippen MR) is 88.7 cm³/mol. The van der Waals surface area contributed by atoms with Gasteiger partial charge in [-0.2, -0.15) is 5.10 Å². The molecule has 0 fully saturated rings. The molecule has 2 rings (SSSR count). The second-order valence-electron chi connectivity index (χ2n) is 6.27. The van der Waals surface area contributed by atoms with E-state index in [1.54, 1.807) is 0 Å². The summed E-state index contributed by atoms with van der Waals surface area (Å²) in [6, 6.07) is 7.11. The zero-order chi connectivity index (χ0) is 15.6. The summed E-state index contributed by atoms with van der Waals surface area (Å²) in [5.41, 5.74) is 7.71. The maximum Gasteiger partial charge on any atom is 0.0665 e. The molecule has 1 aromatic heterocycles. The summed E-state index contributed by atoms with van der Waals surface area (Å²) in [6.07, 6.45) is 0. The van der Waals surface area contributed by atoms with Crippen molar-refractivity contribution in [1.29, 1.82) is 0 Å². The number of aromatic nitrogens is 2. The number of nitrogens with one attached hydrogen (secondary N) is 1. The monoisotopic (exact) mass is 285 g/mol. The number of hydrogen-bond donors (Lipinski definition) is 1. The molecule has 1 aromatic carbocycles. The second-order valence-corrected chi connectivity index (χ2v) is 6.27. The maximum atomic E-state index is 4.73. The molecule has 0 spiro atoms. The molecule has 0 aliphatic heterocycles. The largest absolute Gasteiger partial charge is 0.310 e. The highest BCUT2D eigenvalue weighted by atomic mass is 15.3. The third-order valence-electron chi connectivity index (χ3n) is 4.04. The molecule has 0 radical (unpaired) electrons. The van der Waals surface area contributed by atoms with Crippen molar-refractivity contribution >= 4 is 0 Å². The van der Waals surface area contributed by atoms with Crippen LogP contribution in [0, 0.1) is 27.7 Å². The van der Waals surface area contributed by atoms with Gasteiger partial charge in [0.1, 0.15) is 0 Å². The van der Waals surface area contributed by atoms with Crippen molar-refractivity contribution in [2.75, 3.05) is 0 Å². The third-order valence-corrected chi connectivity index (χ3v) is 4.04. The molecular weight excluding hydrogens is 258 g/mol. The van der Waals surface area contributed by atoms with Crippen molar-refractivity contribution in [2.24, 2.45) is 0 Å². The molecule has 1 N–H and O–H groups in total. The second kappa shape index (κ2) is 6.44. The lowest BCUT2D eigenvalue weighted by Gasteiger charge is -2.11. The van der Waals surface area contributed by atoms with Gasteiger partial charge < -0.3 is 5.32 Å². The molecule has 21 heavy (non-hydrogen) atoms. The molecule has 0 unspecified atom stereocenters. The van der Waals surface area contributed by atoms with E-state index in [2.05, 4.69) is 69.7 Å². The topological polar surface area (TPSA) is 29.9 Å². The Bertz CT molecular complexity index is 624. The number of aryl methyl sites for hydroxylation is 3. The zero-order valence-electron chi connectivity index (χ0n) is 14.1. The smallest absolute Gasteiger partial charge is 0.0665 e. The van der Waals surface area contributed by atoms with Crippen LogP contribution in [0.5, 0.6) is 0 Å². The number of nitrogens with zero attached hydrogens (tertiary/aromatic N) is 2. The van der Waals surface area contributed by atoms with Gasteiger partial charge in [-0.05, 0) is 38.8 Å². The van der Waals surface area contributed by atoms with Gasteiger partial charge in [-0.25, -0.2) is 0 Å². The highest BCUT2D eigenvalue weighted by Gasteiger charge is 2.12. The molecule has 3 heteroatoms. The molecule has 0 bridgehead atoms. The third kappa shape index (κ3) is 3.73. The quantitative estimate of drug-likeness (QED) is 0.908. The molecule has 0 aliphatic carbocycles. The minimum atomic E-state index is 0.492. The summed E-state index contributed by atoms with van der Waals surface area (Å²) in [7, 11) is 0.